The number of hydrogen-bond acceptors (Lipinski definition) is 2. The number of halogens is 2. The minimum Gasteiger partial charge on any atom is -0.314 e. The molecule has 3 nitrogen and oxygen atoms in total. The predicted molar refractivity (Wildman–Crippen MR) is 89.3 cm³/mol. The van der Waals surface area contributed by atoms with E-state index in [4.69, 9.17) is 23.2 Å². The first-order valence-corrected chi connectivity index (χ1v) is 7.92. The molecule has 0 spiro atoms. The third-order valence-corrected chi connectivity index (χ3v) is 4.33. The van der Waals surface area contributed by atoms with Crippen LogP contribution in [0.15, 0.2) is 24.3 Å². The molecule has 5 heteroatoms. The molecule has 0 aliphatic carbocycles. The zero-order valence-electron chi connectivity index (χ0n) is 12.7. The van der Waals surface area contributed by atoms with Gasteiger partial charge in [-0.1, -0.05) is 42.3 Å². The van der Waals surface area contributed by atoms with Crippen molar-refractivity contribution in [3.05, 3.63) is 51.3 Å². The van der Waals surface area contributed by atoms with Crippen LogP contribution in [0.3, 0.4) is 0 Å². The second-order valence-electron chi connectivity index (χ2n) is 5.27. The molecule has 0 aliphatic heterocycles. The van der Waals surface area contributed by atoms with Gasteiger partial charge in [-0.3, -0.25) is 4.68 Å². The van der Waals surface area contributed by atoms with Crippen LogP contribution in [0.1, 0.15) is 23.7 Å². The lowest BCUT2D eigenvalue weighted by molar-refractivity contribution is 0.520. The highest BCUT2D eigenvalue weighted by molar-refractivity contribution is 6.30. The van der Waals surface area contributed by atoms with Gasteiger partial charge in [0.15, 0.2) is 0 Å². The average molecular weight is 326 g/mol. The van der Waals surface area contributed by atoms with Crippen molar-refractivity contribution in [2.75, 3.05) is 6.54 Å². The molecule has 0 bridgehead atoms. The van der Waals surface area contributed by atoms with Crippen molar-refractivity contribution in [2.45, 2.75) is 32.7 Å². The summed E-state index contributed by atoms with van der Waals surface area (Å²) in [4.78, 5) is 0. The van der Waals surface area contributed by atoms with E-state index in [2.05, 4.69) is 29.5 Å². The molecule has 2 rings (SSSR count). The molecule has 21 heavy (non-hydrogen) atoms. The molecular formula is C16H21Cl2N3. The fourth-order valence-electron chi connectivity index (χ4n) is 2.56. The lowest BCUT2D eigenvalue weighted by Gasteiger charge is -2.18. The van der Waals surface area contributed by atoms with Gasteiger partial charge in [0.25, 0.3) is 0 Å². The Morgan fingerprint density at radius 1 is 1.19 bits per heavy atom. The molecule has 0 fully saturated rings. The Labute approximate surface area is 136 Å². The van der Waals surface area contributed by atoms with Crippen molar-refractivity contribution in [1.82, 2.24) is 15.1 Å². The van der Waals surface area contributed by atoms with Gasteiger partial charge in [-0.25, -0.2) is 0 Å². The first kappa shape index (κ1) is 16.3. The molecule has 1 unspecified atom stereocenters. The number of aromatic nitrogens is 2. The van der Waals surface area contributed by atoms with Gasteiger partial charge in [-0.15, -0.1) is 0 Å². The van der Waals surface area contributed by atoms with Crippen molar-refractivity contribution >= 4 is 23.2 Å². The molecule has 0 saturated heterocycles. The normalized spacial score (nSPS) is 12.6. The molecule has 1 heterocycles. The van der Waals surface area contributed by atoms with Crippen LogP contribution < -0.4 is 5.32 Å². The quantitative estimate of drug-likeness (QED) is 0.875. The SMILES string of the molecule is CCNC(Cc1ccc(Cl)cc1)Cc1c(C)nn(C)c1Cl. The first-order chi connectivity index (χ1) is 10.0. The van der Waals surface area contributed by atoms with Crippen molar-refractivity contribution in [3.8, 4) is 0 Å². The maximum atomic E-state index is 6.34. The van der Waals surface area contributed by atoms with E-state index in [9.17, 15) is 0 Å². The van der Waals surface area contributed by atoms with Gasteiger partial charge in [0, 0.05) is 23.7 Å². The second-order valence-corrected chi connectivity index (χ2v) is 6.06. The van der Waals surface area contributed by atoms with Crippen LogP contribution in [0.25, 0.3) is 0 Å². The largest absolute Gasteiger partial charge is 0.314 e. The topological polar surface area (TPSA) is 29.9 Å². The zero-order chi connectivity index (χ0) is 15.4. The maximum Gasteiger partial charge on any atom is 0.130 e. The van der Waals surface area contributed by atoms with Crippen molar-refractivity contribution < 1.29 is 0 Å². The number of nitrogens with one attached hydrogen (secondary N) is 1. The zero-order valence-corrected chi connectivity index (χ0v) is 14.2. The highest BCUT2D eigenvalue weighted by atomic mass is 35.5. The third-order valence-electron chi connectivity index (χ3n) is 3.61. The lowest BCUT2D eigenvalue weighted by Crippen LogP contribution is -2.33. The van der Waals surface area contributed by atoms with E-state index in [0.29, 0.717) is 6.04 Å². The van der Waals surface area contributed by atoms with Crippen LogP contribution in [-0.4, -0.2) is 22.4 Å². The number of hydrogen-bond donors (Lipinski definition) is 1. The molecule has 1 aromatic carbocycles. The summed E-state index contributed by atoms with van der Waals surface area (Å²) in [5, 5.41) is 9.41. The van der Waals surface area contributed by atoms with Gasteiger partial charge < -0.3 is 5.32 Å². The van der Waals surface area contributed by atoms with E-state index in [-0.39, 0.29) is 0 Å². The average Bonchev–Trinajstić information content (AvgIpc) is 2.68. The smallest absolute Gasteiger partial charge is 0.130 e. The van der Waals surface area contributed by atoms with E-state index >= 15 is 0 Å². The van der Waals surface area contributed by atoms with Crippen molar-refractivity contribution in [1.29, 1.82) is 0 Å². The Morgan fingerprint density at radius 2 is 1.86 bits per heavy atom. The van der Waals surface area contributed by atoms with E-state index in [0.717, 1.165) is 40.8 Å². The summed E-state index contributed by atoms with van der Waals surface area (Å²) in [6.45, 7) is 5.05. The Kier molecular flexibility index (Phi) is 5.68. The highest BCUT2D eigenvalue weighted by Gasteiger charge is 2.17. The molecule has 0 amide bonds. The van der Waals surface area contributed by atoms with Crippen molar-refractivity contribution in [2.24, 2.45) is 7.05 Å². The van der Waals surface area contributed by atoms with Crippen molar-refractivity contribution in [3.63, 3.8) is 0 Å². The van der Waals surface area contributed by atoms with Crippen LogP contribution in [0.2, 0.25) is 10.2 Å². The molecule has 2 aromatic rings. The second kappa shape index (κ2) is 7.30. The summed E-state index contributed by atoms with van der Waals surface area (Å²) in [6, 6.07) is 8.34. The van der Waals surface area contributed by atoms with Gasteiger partial charge in [-0.2, -0.15) is 5.10 Å². The molecule has 1 N–H and O–H groups in total. The number of likely N-dealkylation sites (N-methyl/N-ethyl adjacent to an activating group) is 1. The van der Waals surface area contributed by atoms with Crippen LogP contribution in [0, 0.1) is 6.92 Å². The van der Waals surface area contributed by atoms with E-state index < -0.39 is 0 Å². The fraction of sp³-hybridized carbons (Fsp3) is 0.438. The third kappa shape index (κ3) is 4.22. The van der Waals surface area contributed by atoms with E-state index in [1.165, 1.54) is 5.56 Å². The number of rotatable bonds is 6. The van der Waals surface area contributed by atoms with Crippen LogP contribution in [0.4, 0.5) is 0 Å². The Morgan fingerprint density at radius 3 is 2.38 bits per heavy atom. The predicted octanol–water partition coefficient (Wildman–Crippen LogP) is 3.80. The minimum atomic E-state index is 0.330. The van der Waals surface area contributed by atoms with Crippen LogP contribution in [-0.2, 0) is 19.9 Å². The summed E-state index contributed by atoms with van der Waals surface area (Å²) < 4.78 is 1.73. The summed E-state index contributed by atoms with van der Waals surface area (Å²) in [5.41, 5.74) is 3.39. The van der Waals surface area contributed by atoms with Gasteiger partial charge >= 0.3 is 0 Å². The van der Waals surface area contributed by atoms with Gasteiger partial charge in [0.05, 0.1) is 5.69 Å². The number of aryl methyl sites for hydroxylation is 2. The van der Waals surface area contributed by atoms with Crippen LogP contribution >= 0.6 is 23.2 Å². The highest BCUT2D eigenvalue weighted by Crippen LogP contribution is 2.21. The number of benzene rings is 1. The Bertz CT molecular complexity index is 590. The lowest BCUT2D eigenvalue weighted by atomic mass is 9.99. The molecule has 0 radical (unpaired) electrons. The molecule has 0 aliphatic rings. The fourth-order valence-corrected chi connectivity index (χ4v) is 2.94. The Hall–Kier alpha value is -1.03. The van der Waals surface area contributed by atoms with E-state index in [1.807, 2.05) is 26.1 Å². The summed E-state index contributed by atoms with van der Waals surface area (Å²) in [7, 11) is 1.88. The van der Waals surface area contributed by atoms with Gasteiger partial charge in [-0.05, 0) is 44.0 Å². The molecule has 1 aromatic heterocycles. The Balaban J connectivity index is 2.13. The van der Waals surface area contributed by atoms with Crippen LogP contribution in [0.5, 0.6) is 0 Å². The first-order valence-electron chi connectivity index (χ1n) is 7.17. The molecule has 114 valence electrons. The van der Waals surface area contributed by atoms with Gasteiger partial charge in [0.1, 0.15) is 5.15 Å². The van der Waals surface area contributed by atoms with E-state index in [1.54, 1.807) is 4.68 Å². The molecular weight excluding hydrogens is 305 g/mol. The molecule has 0 saturated carbocycles. The molecule has 1 atom stereocenters. The summed E-state index contributed by atoms with van der Waals surface area (Å²) in [6.07, 6.45) is 1.81. The maximum absolute atomic E-state index is 6.34. The summed E-state index contributed by atoms with van der Waals surface area (Å²) >= 11 is 12.3. The standard InChI is InChI=1S/C16H21Cl2N3/c1-4-19-14(9-12-5-7-13(17)8-6-12)10-15-11(2)20-21(3)16(15)18/h5-8,14,19H,4,9-10H2,1-3H3. The minimum absolute atomic E-state index is 0.330. The number of nitrogens with zero attached hydrogens (tertiary/aromatic N) is 2. The van der Waals surface area contributed by atoms with Gasteiger partial charge in [0.2, 0.25) is 0 Å². The monoisotopic (exact) mass is 325 g/mol. The summed E-state index contributed by atoms with van der Waals surface area (Å²) in [5.74, 6) is 0.